The van der Waals surface area contributed by atoms with Gasteiger partial charge in [0.05, 0.1) is 6.07 Å². The van der Waals surface area contributed by atoms with Gasteiger partial charge in [-0.3, -0.25) is 4.79 Å². The van der Waals surface area contributed by atoms with Crippen LogP contribution >= 0.6 is 0 Å². The van der Waals surface area contributed by atoms with Crippen LogP contribution in [-0.4, -0.2) is 11.8 Å². The van der Waals surface area contributed by atoms with Crippen molar-refractivity contribution in [3.63, 3.8) is 0 Å². The summed E-state index contributed by atoms with van der Waals surface area (Å²) in [5.41, 5.74) is 5.11. The standard InChI is InChI=1S/C21H20N2O/c1-14-7-9-16(10-8-14)21(24)17(13-22)12-18-11-15(2)19-5-3-4-6-20(19)23-18/h3-11,17-18,23H,12H2,1-2H3. The molecule has 2 aromatic rings. The van der Waals surface area contributed by atoms with E-state index in [-0.39, 0.29) is 11.8 Å². The molecular formula is C21H20N2O. The van der Waals surface area contributed by atoms with Crippen LogP contribution in [0, 0.1) is 24.2 Å². The van der Waals surface area contributed by atoms with E-state index in [2.05, 4.69) is 30.5 Å². The Labute approximate surface area is 142 Å². The molecule has 3 heteroatoms. The Morgan fingerprint density at radius 1 is 1.17 bits per heavy atom. The predicted molar refractivity (Wildman–Crippen MR) is 96.7 cm³/mol. The third-order valence-electron chi connectivity index (χ3n) is 4.44. The minimum atomic E-state index is -0.653. The maximum Gasteiger partial charge on any atom is 0.180 e. The molecule has 0 aromatic heterocycles. The summed E-state index contributed by atoms with van der Waals surface area (Å²) in [5, 5.41) is 12.9. The van der Waals surface area contributed by atoms with E-state index in [1.807, 2.05) is 37.3 Å². The zero-order valence-electron chi connectivity index (χ0n) is 13.9. The molecule has 0 fully saturated rings. The number of nitrogens with one attached hydrogen (secondary N) is 1. The van der Waals surface area contributed by atoms with Crippen LogP contribution in [0.15, 0.2) is 54.6 Å². The summed E-state index contributed by atoms with van der Waals surface area (Å²) in [6.07, 6.45) is 2.57. The van der Waals surface area contributed by atoms with Crippen molar-refractivity contribution in [1.82, 2.24) is 0 Å². The first-order valence-electron chi connectivity index (χ1n) is 8.13. The summed E-state index contributed by atoms with van der Waals surface area (Å²) in [5.74, 6) is -0.760. The van der Waals surface area contributed by atoms with Crippen LogP contribution in [-0.2, 0) is 0 Å². The van der Waals surface area contributed by atoms with E-state index in [0.29, 0.717) is 12.0 Å². The van der Waals surface area contributed by atoms with Gasteiger partial charge in [0, 0.05) is 22.9 Å². The lowest BCUT2D eigenvalue weighted by Gasteiger charge is -2.26. The summed E-state index contributed by atoms with van der Waals surface area (Å²) < 4.78 is 0. The van der Waals surface area contributed by atoms with E-state index in [0.717, 1.165) is 11.3 Å². The van der Waals surface area contributed by atoms with Gasteiger partial charge in [-0.15, -0.1) is 0 Å². The van der Waals surface area contributed by atoms with Gasteiger partial charge in [0.1, 0.15) is 5.92 Å². The molecule has 2 aromatic carbocycles. The summed E-state index contributed by atoms with van der Waals surface area (Å²) >= 11 is 0. The molecule has 2 atom stereocenters. The molecule has 3 rings (SSSR count). The highest BCUT2D eigenvalue weighted by Crippen LogP contribution is 2.31. The highest BCUT2D eigenvalue weighted by atomic mass is 16.1. The van der Waals surface area contributed by atoms with Crippen molar-refractivity contribution in [3.8, 4) is 6.07 Å². The Morgan fingerprint density at radius 2 is 1.88 bits per heavy atom. The number of carbonyl (C=O) groups excluding carboxylic acids is 1. The van der Waals surface area contributed by atoms with E-state index in [1.165, 1.54) is 11.1 Å². The second kappa shape index (κ2) is 6.72. The van der Waals surface area contributed by atoms with Crippen LogP contribution in [0.5, 0.6) is 0 Å². The number of nitriles is 1. The molecule has 0 amide bonds. The normalized spacial score (nSPS) is 17.0. The summed E-state index contributed by atoms with van der Waals surface area (Å²) in [6, 6.07) is 17.7. The van der Waals surface area contributed by atoms with Gasteiger partial charge in [0.25, 0.3) is 0 Å². The second-order valence-electron chi connectivity index (χ2n) is 6.29. The fourth-order valence-electron chi connectivity index (χ4n) is 3.10. The fraction of sp³-hybridized carbons (Fsp3) is 0.238. The van der Waals surface area contributed by atoms with Gasteiger partial charge >= 0.3 is 0 Å². The Morgan fingerprint density at radius 3 is 2.58 bits per heavy atom. The first kappa shape index (κ1) is 16.0. The molecular weight excluding hydrogens is 296 g/mol. The van der Waals surface area contributed by atoms with Crippen molar-refractivity contribution in [2.45, 2.75) is 26.3 Å². The first-order valence-corrected chi connectivity index (χ1v) is 8.13. The summed E-state index contributed by atoms with van der Waals surface area (Å²) in [4.78, 5) is 12.6. The van der Waals surface area contributed by atoms with E-state index in [9.17, 15) is 10.1 Å². The lowest BCUT2D eigenvalue weighted by Crippen LogP contribution is -2.27. The number of ketones is 1. The number of carbonyl (C=O) groups is 1. The number of Topliss-reactive ketones (excluding diaryl/α,β-unsaturated/α-hetero) is 1. The molecule has 0 aliphatic carbocycles. The molecule has 1 aliphatic heterocycles. The number of fused-ring (bicyclic) bond motifs is 1. The minimum Gasteiger partial charge on any atom is -0.378 e. The molecule has 24 heavy (non-hydrogen) atoms. The van der Waals surface area contributed by atoms with Crippen LogP contribution in [0.2, 0.25) is 0 Å². The maximum atomic E-state index is 12.6. The second-order valence-corrected chi connectivity index (χ2v) is 6.29. The molecule has 0 spiro atoms. The maximum absolute atomic E-state index is 12.6. The molecule has 0 bridgehead atoms. The number of rotatable bonds is 4. The zero-order valence-corrected chi connectivity index (χ0v) is 13.9. The van der Waals surface area contributed by atoms with Crippen molar-refractivity contribution in [2.75, 3.05) is 5.32 Å². The summed E-state index contributed by atoms with van der Waals surface area (Å²) in [6.45, 7) is 4.04. The molecule has 1 heterocycles. The number of para-hydroxylation sites is 1. The number of hydrogen-bond donors (Lipinski definition) is 1. The van der Waals surface area contributed by atoms with Crippen LogP contribution in [0.1, 0.15) is 34.8 Å². The van der Waals surface area contributed by atoms with Crippen LogP contribution < -0.4 is 5.32 Å². The van der Waals surface area contributed by atoms with Crippen LogP contribution in [0.25, 0.3) is 5.57 Å². The number of hydrogen-bond acceptors (Lipinski definition) is 3. The quantitative estimate of drug-likeness (QED) is 0.838. The Bertz CT molecular complexity index is 828. The third-order valence-corrected chi connectivity index (χ3v) is 4.44. The lowest BCUT2D eigenvalue weighted by molar-refractivity contribution is 0.0943. The predicted octanol–water partition coefficient (Wildman–Crippen LogP) is 4.61. The first-order chi connectivity index (χ1) is 11.6. The number of allylic oxidation sites excluding steroid dienone is 1. The van der Waals surface area contributed by atoms with Crippen molar-refractivity contribution in [3.05, 3.63) is 71.3 Å². The van der Waals surface area contributed by atoms with Gasteiger partial charge in [-0.1, -0.05) is 54.1 Å². The number of benzene rings is 2. The lowest BCUT2D eigenvalue weighted by atomic mass is 9.89. The fourth-order valence-corrected chi connectivity index (χ4v) is 3.10. The molecule has 0 saturated heterocycles. The molecule has 0 saturated carbocycles. The minimum absolute atomic E-state index is 0.0149. The topological polar surface area (TPSA) is 52.9 Å². The average molecular weight is 316 g/mol. The zero-order chi connectivity index (χ0) is 17.1. The molecule has 0 radical (unpaired) electrons. The SMILES string of the molecule is CC1=CC(CC(C#N)C(=O)c2ccc(C)cc2)Nc2ccccc21. The van der Waals surface area contributed by atoms with Gasteiger partial charge in [-0.05, 0) is 31.9 Å². The molecule has 120 valence electrons. The molecule has 1 N–H and O–H groups in total. The van der Waals surface area contributed by atoms with E-state index < -0.39 is 5.92 Å². The highest BCUT2D eigenvalue weighted by Gasteiger charge is 2.25. The Hall–Kier alpha value is -2.86. The van der Waals surface area contributed by atoms with Gasteiger partial charge in [0.15, 0.2) is 5.78 Å². The van der Waals surface area contributed by atoms with Crippen LogP contribution in [0.3, 0.4) is 0 Å². The third kappa shape index (κ3) is 3.23. The van der Waals surface area contributed by atoms with Crippen molar-refractivity contribution >= 4 is 17.0 Å². The average Bonchev–Trinajstić information content (AvgIpc) is 2.60. The van der Waals surface area contributed by atoms with E-state index in [1.54, 1.807) is 12.1 Å². The number of anilines is 1. The Kier molecular flexibility index (Phi) is 4.48. The van der Waals surface area contributed by atoms with Gasteiger partial charge in [-0.2, -0.15) is 5.26 Å². The van der Waals surface area contributed by atoms with E-state index >= 15 is 0 Å². The monoisotopic (exact) mass is 316 g/mol. The Balaban J connectivity index is 1.77. The molecule has 3 nitrogen and oxygen atoms in total. The van der Waals surface area contributed by atoms with Crippen molar-refractivity contribution in [2.24, 2.45) is 5.92 Å². The molecule has 2 unspecified atom stereocenters. The van der Waals surface area contributed by atoms with Crippen molar-refractivity contribution in [1.29, 1.82) is 5.26 Å². The number of aryl methyl sites for hydroxylation is 1. The van der Waals surface area contributed by atoms with Crippen LogP contribution in [0.4, 0.5) is 5.69 Å². The van der Waals surface area contributed by atoms with E-state index in [4.69, 9.17) is 0 Å². The van der Waals surface area contributed by atoms with Gasteiger partial charge < -0.3 is 5.32 Å². The highest BCUT2D eigenvalue weighted by molar-refractivity contribution is 5.99. The number of nitrogens with zero attached hydrogens (tertiary/aromatic N) is 1. The summed E-state index contributed by atoms with van der Waals surface area (Å²) in [7, 11) is 0. The smallest absolute Gasteiger partial charge is 0.180 e. The van der Waals surface area contributed by atoms with Gasteiger partial charge in [0.2, 0.25) is 0 Å². The van der Waals surface area contributed by atoms with Crippen molar-refractivity contribution < 1.29 is 4.79 Å². The van der Waals surface area contributed by atoms with Gasteiger partial charge in [-0.25, -0.2) is 0 Å². The largest absolute Gasteiger partial charge is 0.378 e. The molecule has 1 aliphatic rings.